The molecule has 58 valence electrons. The van der Waals surface area contributed by atoms with Crippen LogP contribution in [0.1, 0.15) is 0 Å². The van der Waals surface area contributed by atoms with Gasteiger partial charge >= 0.3 is 59.1 Å². The van der Waals surface area contributed by atoms with Crippen LogP contribution in [0.5, 0.6) is 11.8 Å². The number of aromatic nitrogens is 2. The predicted molar refractivity (Wildman–Crippen MR) is 51.4 cm³/mol. The number of hydrogen-bond donors (Lipinski definition) is 2. The van der Waals surface area contributed by atoms with E-state index in [1.165, 1.54) is 11.8 Å². The van der Waals surface area contributed by atoms with Crippen molar-refractivity contribution in [1.29, 1.82) is 0 Å². The van der Waals surface area contributed by atoms with Crippen molar-refractivity contribution < 1.29 is 10.2 Å². The molecule has 0 radical (unpaired) electrons. The monoisotopic (exact) mass is 206 g/mol. The Bertz CT molecular complexity index is 229. The molecule has 1 heterocycles. The molecule has 0 aromatic carbocycles. The summed E-state index contributed by atoms with van der Waals surface area (Å²) in [6.45, 7) is 0. The van der Waals surface area contributed by atoms with Crippen molar-refractivity contribution in [2.24, 2.45) is 0 Å². The minimum absolute atomic E-state index is 0. The van der Waals surface area contributed by atoms with Gasteiger partial charge in [-0.2, -0.15) is 9.97 Å². The quantitative estimate of drug-likeness (QED) is 0.362. The van der Waals surface area contributed by atoms with Gasteiger partial charge in [0.15, 0.2) is 5.16 Å². The summed E-state index contributed by atoms with van der Waals surface area (Å²) in [7, 11) is 0. The van der Waals surface area contributed by atoms with Gasteiger partial charge in [0.05, 0.1) is 6.07 Å². The zero-order chi connectivity index (χ0) is 7.56. The Kier molecular flexibility index (Phi) is 9.60. The van der Waals surface area contributed by atoms with Crippen molar-refractivity contribution in [1.82, 2.24) is 9.97 Å². The predicted octanol–water partition coefficient (Wildman–Crippen LogP) is -0.687. The van der Waals surface area contributed by atoms with Gasteiger partial charge in [-0.3, -0.25) is 0 Å². The first-order chi connectivity index (χ1) is 4.72. The fourth-order valence-electron chi connectivity index (χ4n) is 0.492. The summed E-state index contributed by atoms with van der Waals surface area (Å²) in [5.41, 5.74) is 0. The minimum atomic E-state index is -0.211. The van der Waals surface area contributed by atoms with Gasteiger partial charge in [0.1, 0.15) is 0 Å². The fraction of sp³-hybridized carbons (Fsp3) is 0.200. The molecule has 0 atom stereocenters. The van der Waals surface area contributed by atoms with Gasteiger partial charge in [0, 0.05) is 0 Å². The Hall–Kier alpha value is 1.03. The second kappa shape index (κ2) is 7.44. The van der Waals surface area contributed by atoms with E-state index in [9.17, 15) is 0 Å². The molecule has 12 heavy (non-hydrogen) atoms. The van der Waals surface area contributed by atoms with E-state index < -0.39 is 0 Å². The van der Waals surface area contributed by atoms with Gasteiger partial charge in [0.2, 0.25) is 11.8 Å². The molecule has 0 aliphatic rings. The van der Waals surface area contributed by atoms with Crippen molar-refractivity contribution in [2.75, 3.05) is 6.26 Å². The Morgan fingerprint density at radius 3 is 1.92 bits per heavy atom. The van der Waals surface area contributed by atoms with E-state index in [4.69, 9.17) is 10.2 Å². The Morgan fingerprint density at radius 2 is 1.58 bits per heavy atom. The zero-order valence-electron chi connectivity index (χ0n) is 5.27. The molecule has 0 saturated heterocycles. The summed E-state index contributed by atoms with van der Waals surface area (Å²) in [6, 6.07) is 1.08. The molecule has 0 unspecified atom stereocenters. The van der Waals surface area contributed by atoms with Crippen molar-refractivity contribution in [3.8, 4) is 11.8 Å². The third-order valence-corrected chi connectivity index (χ3v) is 1.41. The third-order valence-electron chi connectivity index (χ3n) is 0.861. The summed E-state index contributed by atoms with van der Waals surface area (Å²) >= 11 is 1.25. The molecule has 7 heteroatoms. The van der Waals surface area contributed by atoms with Crippen molar-refractivity contribution in [3.05, 3.63) is 6.07 Å². The second-order valence-corrected chi connectivity index (χ2v) is 2.34. The average molecular weight is 206 g/mol. The van der Waals surface area contributed by atoms with Crippen molar-refractivity contribution in [3.63, 3.8) is 0 Å². The maximum atomic E-state index is 8.80. The van der Waals surface area contributed by atoms with Crippen LogP contribution in [0.15, 0.2) is 11.2 Å². The SMILES string of the molecule is CSc1nc(O)cc(O)n1.[NaH].[NaH]. The molecule has 1 aromatic rings. The van der Waals surface area contributed by atoms with Crippen LogP contribution >= 0.6 is 11.8 Å². The van der Waals surface area contributed by atoms with E-state index in [0.717, 1.165) is 6.07 Å². The number of hydrogen-bond acceptors (Lipinski definition) is 5. The summed E-state index contributed by atoms with van der Waals surface area (Å²) in [4.78, 5) is 7.20. The van der Waals surface area contributed by atoms with Crippen LogP contribution < -0.4 is 0 Å². The van der Waals surface area contributed by atoms with E-state index in [0.29, 0.717) is 5.16 Å². The van der Waals surface area contributed by atoms with Crippen LogP contribution in [0, 0.1) is 0 Å². The summed E-state index contributed by atoms with van der Waals surface area (Å²) in [6.07, 6.45) is 1.76. The van der Waals surface area contributed by atoms with Gasteiger partial charge < -0.3 is 10.2 Å². The van der Waals surface area contributed by atoms with Gasteiger partial charge in [-0.1, -0.05) is 11.8 Å². The molecule has 1 aromatic heterocycles. The van der Waals surface area contributed by atoms with Crippen molar-refractivity contribution in [2.45, 2.75) is 5.16 Å². The van der Waals surface area contributed by atoms with Crippen LogP contribution in [-0.2, 0) is 0 Å². The summed E-state index contributed by atoms with van der Waals surface area (Å²) in [5, 5.41) is 18.0. The number of thioether (sulfide) groups is 1. The third kappa shape index (κ3) is 4.91. The number of nitrogens with zero attached hydrogens (tertiary/aromatic N) is 2. The molecule has 0 fully saturated rings. The van der Waals surface area contributed by atoms with Crippen LogP contribution in [0.4, 0.5) is 0 Å². The van der Waals surface area contributed by atoms with Gasteiger partial charge in [-0.05, 0) is 6.26 Å². The van der Waals surface area contributed by atoms with Crippen LogP contribution in [0.3, 0.4) is 0 Å². The molecule has 0 bridgehead atoms. The summed E-state index contributed by atoms with van der Waals surface area (Å²) < 4.78 is 0. The Labute approximate surface area is 119 Å². The summed E-state index contributed by atoms with van der Waals surface area (Å²) in [5.74, 6) is -0.422. The average Bonchev–Trinajstić information content (AvgIpc) is 1.85. The molecule has 0 aliphatic heterocycles. The second-order valence-electron chi connectivity index (χ2n) is 1.57. The molecule has 0 spiro atoms. The van der Waals surface area contributed by atoms with Crippen LogP contribution in [0.25, 0.3) is 0 Å². The molecular formula is C5H8N2Na2O2S. The molecule has 4 nitrogen and oxygen atoms in total. The molecule has 0 amide bonds. The normalized spacial score (nSPS) is 8.08. The van der Waals surface area contributed by atoms with Crippen molar-refractivity contribution >= 4 is 70.9 Å². The Balaban J connectivity index is 0. The van der Waals surface area contributed by atoms with Gasteiger partial charge in [-0.25, -0.2) is 0 Å². The number of aromatic hydroxyl groups is 2. The van der Waals surface area contributed by atoms with E-state index in [1.807, 2.05) is 0 Å². The number of rotatable bonds is 1. The Morgan fingerprint density at radius 1 is 1.17 bits per heavy atom. The topological polar surface area (TPSA) is 66.2 Å². The first-order valence-electron chi connectivity index (χ1n) is 2.53. The van der Waals surface area contributed by atoms with Gasteiger partial charge in [-0.15, -0.1) is 0 Å². The van der Waals surface area contributed by atoms with Crippen LogP contribution in [0.2, 0.25) is 0 Å². The van der Waals surface area contributed by atoms with Crippen LogP contribution in [-0.4, -0.2) is 85.6 Å². The van der Waals surface area contributed by atoms with E-state index in [-0.39, 0.29) is 70.9 Å². The molecule has 1 rings (SSSR count). The molecule has 0 saturated carbocycles. The molecule has 2 N–H and O–H groups in total. The molecule has 0 aliphatic carbocycles. The fourth-order valence-corrected chi connectivity index (χ4v) is 0.862. The van der Waals surface area contributed by atoms with E-state index in [1.54, 1.807) is 6.26 Å². The van der Waals surface area contributed by atoms with E-state index >= 15 is 0 Å². The first kappa shape index (κ1) is 15.5. The standard InChI is InChI=1S/C5H6N2O2S.2Na.2H/c1-10-5-6-3(8)2-4(9)7-5;;;;/h2H,1H3,(H2,6,7,8,9);;;;. The van der Waals surface area contributed by atoms with Gasteiger partial charge in [0.25, 0.3) is 0 Å². The van der Waals surface area contributed by atoms with E-state index in [2.05, 4.69) is 9.97 Å². The maximum absolute atomic E-state index is 8.80. The molecular weight excluding hydrogens is 198 g/mol. The first-order valence-corrected chi connectivity index (χ1v) is 3.76. The zero-order valence-corrected chi connectivity index (χ0v) is 6.09.